The summed E-state index contributed by atoms with van der Waals surface area (Å²) < 4.78 is 4.97. The molecule has 3 rings (SSSR count). The van der Waals surface area contributed by atoms with E-state index in [0.717, 1.165) is 35.4 Å². The number of nitrogens with one attached hydrogen (secondary N) is 2. The van der Waals surface area contributed by atoms with Crippen LogP contribution in [0.1, 0.15) is 5.56 Å². The Morgan fingerprint density at radius 2 is 2.05 bits per heavy atom. The summed E-state index contributed by atoms with van der Waals surface area (Å²) in [6.45, 7) is 0.766. The van der Waals surface area contributed by atoms with Gasteiger partial charge in [-0.3, -0.25) is 4.98 Å². The van der Waals surface area contributed by atoms with Crippen LogP contribution in [0, 0.1) is 0 Å². The number of nitrogens with two attached hydrogens (primary N) is 1. The third-order valence-electron chi connectivity index (χ3n) is 3.17. The Kier molecular flexibility index (Phi) is 3.16. The molecule has 102 valence electrons. The zero-order valence-electron chi connectivity index (χ0n) is 10.8. The summed E-state index contributed by atoms with van der Waals surface area (Å²) in [6, 6.07) is 13.4. The smallest absolute Gasteiger partial charge is 0.408 e. The first-order chi connectivity index (χ1) is 9.72. The first-order valence-corrected chi connectivity index (χ1v) is 6.42. The van der Waals surface area contributed by atoms with Crippen molar-refractivity contribution >= 4 is 22.5 Å². The number of aromatic nitrogens is 1. The van der Waals surface area contributed by atoms with Crippen LogP contribution in [-0.4, -0.2) is 11.5 Å². The van der Waals surface area contributed by atoms with Gasteiger partial charge in [-0.15, -0.1) is 0 Å². The fraction of sp³-hybridized carbons (Fsp3) is 0.133. The number of nitrogen functional groups attached to an aromatic ring is 1. The van der Waals surface area contributed by atoms with E-state index in [9.17, 15) is 4.79 Å². The van der Waals surface area contributed by atoms with Crippen LogP contribution < -0.4 is 16.8 Å². The fourth-order valence-corrected chi connectivity index (χ4v) is 2.15. The van der Waals surface area contributed by atoms with E-state index < -0.39 is 5.76 Å². The Labute approximate surface area is 115 Å². The van der Waals surface area contributed by atoms with Gasteiger partial charge < -0.3 is 15.5 Å². The Hall–Kier alpha value is -2.69. The molecule has 0 saturated carbocycles. The summed E-state index contributed by atoms with van der Waals surface area (Å²) in [6.07, 6.45) is 0.831. The van der Waals surface area contributed by atoms with E-state index in [0.29, 0.717) is 5.58 Å². The predicted molar refractivity (Wildman–Crippen MR) is 79.9 cm³/mol. The molecule has 0 aliphatic rings. The van der Waals surface area contributed by atoms with Crippen LogP contribution in [-0.2, 0) is 6.42 Å². The molecular weight excluding hydrogens is 254 g/mol. The maximum Gasteiger partial charge on any atom is 0.417 e. The minimum Gasteiger partial charge on any atom is -0.408 e. The quantitative estimate of drug-likeness (QED) is 0.635. The number of aromatic amines is 1. The molecule has 1 aromatic heterocycles. The van der Waals surface area contributed by atoms with Crippen LogP contribution in [0.25, 0.3) is 11.1 Å². The van der Waals surface area contributed by atoms with Gasteiger partial charge in [0.1, 0.15) is 0 Å². The highest BCUT2D eigenvalue weighted by molar-refractivity contribution is 5.72. The molecule has 0 bridgehead atoms. The van der Waals surface area contributed by atoms with Crippen LogP contribution in [0.5, 0.6) is 0 Å². The van der Waals surface area contributed by atoms with Gasteiger partial charge in [0, 0.05) is 6.54 Å². The highest BCUT2D eigenvalue weighted by atomic mass is 16.4. The average Bonchev–Trinajstić information content (AvgIpc) is 2.80. The number of benzene rings is 2. The van der Waals surface area contributed by atoms with E-state index >= 15 is 0 Å². The van der Waals surface area contributed by atoms with Gasteiger partial charge in [0.2, 0.25) is 0 Å². The Bertz CT molecular complexity index is 789. The largest absolute Gasteiger partial charge is 0.417 e. The highest BCUT2D eigenvalue weighted by Gasteiger charge is 2.02. The van der Waals surface area contributed by atoms with Crippen LogP contribution in [0.2, 0.25) is 0 Å². The number of para-hydroxylation sites is 2. The van der Waals surface area contributed by atoms with Crippen LogP contribution >= 0.6 is 0 Å². The summed E-state index contributed by atoms with van der Waals surface area (Å²) in [5.41, 5.74) is 9.97. The van der Waals surface area contributed by atoms with Gasteiger partial charge in [-0.05, 0) is 36.2 Å². The van der Waals surface area contributed by atoms with Gasteiger partial charge in [0.25, 0.3) is 0 Å². The Morgan fingerprint density at radius 3 is 2.90 bits per heavy atom. The molecule has 0 aliphatic heterocycles. The number of rotatable bonds is 4. The van der Waals surface area contributed by atoms with Crippen molar-refractivity contribution in [1.82, 2.24) is 4.98 Å². The van der Waals surface area contributed by atoms with Gasteiger partial charge in [0.15, 0.2) is 5.58 Å². The molecule has 3 aromatic rings. The maximum atomic E-state index is 11.1. The summed E-state index contributed by atoms with van der Waals surface area (Å²) in [5.74, 6) is -0.424. The lowest BCUT2D eigenvalue weighted by atomic mass is 10.1. The van der Waals surface area contributed by atoms with Crippen molar-refractivity contribution in [2.75, 3.05) is 17.6 Å². The lowest BCUT2D eigenvalue weighted by Crippen LogP contribution is -2.06. The van der Waals surface area contributed by atoms with Crippen molar-refractivity contribution in [1.29, 1.82) is 0 Å². The standard InChI is InChI=1S/C15H15N3O2/c16-11-3-1-2-4-12(11)17-8-7-10-5-6-14-13(9-10)18-15(19)20-14/h1-6,9,17H,7-8,16H2,(H,18,19). The van der Waals surface area contributed by atoms with E-state index in [4.69, 9.17) is 10.2 Å². The van der Waals surface area contributed by atoms with Crippen molar-refractivity contribution in [2.24, 2.45) is 0 Å². The van der Waals surface area contributed by atoms with E-state index in [-0.39, 0.29) is 0 Å². The van der Waals surface area contributed by atoms with Crippen molar-refractivity contribution in [3.63, 3.8) is 0 Å². The molecule has 20 heavy (non-hydrogen) atoms. The van der Waals surface area contributed by atoms with Crippen LogP contribution in [0.3, 0.4) is 0 Å². The zero-order chi connectivity index (χ0) is 13.9. The average molecular weight is 269 g/mol. The Balaban J connectivity index is 1.68. The van der Waals surface area contributed by atoms with Crippen molar-refractivity contribution < 1.29 is 4.42 Å². The number of H-pyrrole nitrogens is 1. The van der Waals surface area contributed by atoms with Gasteiger partial charge in [0.05, 0.1) is 16.9 Å². The van der Waals surface area contributed by atoms with E-state index in [2.05, 4.69) is 10.3 Å². The molecule has 5 nitrogen and oxygen atoms in total. The van der Waals surface area contributed by atoms with Gasteiger partial charge in [-0.2, -0.15) is 0 Å². The minimum atomic E-state index is -0.424. The normalized spacial score (nSPS) is 10.8. The molecule has 5 heteroatoms. The molecule has 1 heterocycles. The fourth-order valence-electron chi connectivity index (χ4n) is 2.15. The number of hydrogen-bond acceptors (Lipinski definition) is 4. The van der Waals surface area contributed by atoms with E-state index in [1.54, 1.807) is 6.07 Å². The molecule has 0 amide bonds. The topological polar surface area (TPSA) is 84.0 Å². The Morgan fingerprint density at radius 1 is 1.20 bits per heavy atom. The number of hydrogen-bond donors (Lipinski definition) is 3. The molecule has 0 saturated heterocycles. The van der Waals surface area contributed by atoms with Crippen LogP contribution in [0.15, 0.2) is 51.7 Å². The molecule has 4 N–H and O–H groups in total. The summed E-state index contributed by atoms with van der Waals surface area (Å²) in [7, 11) is 0. The van der Waals surface area contributed by atoms with Crippen LogP contribution in [0.4, 0.5) is 11.4 Å². The van der Waals surface area contributed by atoms with E-state index in [1.807, 2.05) is 36.4 Å². The van der Waals surface area contributed by atoms with E-state index in [1.165, 1.54) is 0 Å². The molecule has 0 aliphatic carbocycles. The lowest BCUT2D eigenvalue weighted by Gasteiger charge is -2.08. The third kappa shape index (κ3) is 2.51. The zero-order valence-corrected chi connectivity index (χ0v) is 10.8. The summed E-state index contributed by atoms with van der Waals surface area (Å²) in [4.78, 5) is 13.7. The monoisotopic (exact) mass is 269 g/mol. The van der Waals surface area contributed by atoms with Gasteiger partial charge in [-0.25, -0.2) is 4.79 Å². The molecule has 0 fully saturated rings. The first-order valence-electron chi connectivity index (χ1n) is 6.42. The predicted octanol–water partition coefficient (Wildman–Crippen LogP) is 2.36. The second-order valence-electron chi connectivity index (χ2n) is 4.61. The second kappa shape index (κ2) is 5.13. The van der Waals surface area contributed by atoms with Crippen molar-refractivity contribution in [3.8, 4) is 0 Å². The second-order valence-corrected chi connectivity index (χ2v) is 4.61. The number of anilines is 2. The van der Waals surface area contributed by atoms with Gasteiger partial charge in [-0.1, -0.05) is 18.2 Å². The maximum absolute atomic E-state index is 11.1. The summed E-state index contributed by atoms with van der Waals surface area (Å²) in [5, 5.41) is 3.29. The first kappa shape index (κ1) is 12.3. The minimum absolute atomic E-state index is 0.424. The molecule has 2 aromatic carbocycles. The number of fused-ring (bicyclic) bond motifs is 1. The molecular formula is C15H15N3O2. The third-order valence-corrected chi connectivity index (χ3v) is 3.17. The molecule has 0 atom stereocenters. The van der Waals surface area contributed by atoms with Gasteiger partial charge >= 0.3 is 5.76 Å². The number of oxazole rings is 1. The van der Waals surface area contributed by atoms with Crippen molar-refractivity contribution in [2.45, 2.75) is 6.42 Å². The molecule has 0 unspecified atom stereocenters. The molecule has 0 radical (unpaired) electrons. The molecule has 0 spiro atoms. The lowest BCUT2D eigenvalue weighted by molar-refractivity contribution is 0.555. The van der Waals surface area contributed by atoms with Crippen molar-refractivity contribution in [3.05, 3.63) is 58.6 Å². The SMILES string of the molecule is Nc1ccccc1NCCc1ccc2oc(=O)[nH]c2c1. The summed E-state index contributed by atoms with van der Waals surface area (Å²) >= 11 is 0. The highest BCUT2D eigenvalue weighted by Crippen LogP contribution is 2.17.